The molecule has 3 aliphatic rings. The van der Waals surface area contributed by atoms with E-state index in [1.165, 1.54) is 47.9 Å². The van der Waals surface area contributed by atoms with Crippen LogP contribution in [0.15, 0.2) is 24.3 Å². The van der Waals surface area contributed by atoms with Crippen LogP contribution in [0.5, 0.6) is 5.75 Å². The summed E-state index contributed by atoms with van der Waals surface area (Å²) in [5.41, 5.74) is 1.45. The number of nitrogens with zero attached hydrogens (tertiary/aromatic N) is 5. The number of aromatic nitrogens is 2. The summed E-state index contributed by atoms with van der Waals surface area (Å²) in [4.78, 5) is 32.8. The molecule has 3 aromatic rings. The topological polar surface area (TPSA) is 61.8 Å². The number of halogens is 1. The predicted molar refractivity (Wildman–Crippen MR) is 154 cm³/mol. The first kappa shape index (κ1) is 25.8. The van der Waals surface area contributed by atoms with Crippen LogP contribution in [0.25, 0.3) is 10.2 Å². The third-order valence-electron chi connectivity index (χ3n) is 8.30. The molecule has 202 valence electrons. The van der Waals surface area contributed by atoms with Crippen molar-refractivity contribution in [3.05, 3.63) is 45.6 Å². The van der Waals surface area contributed by atoms with Crippen LogP contribution >= 0.6 is 22.9 Å². The van der Waals surface area contributed by atoms with Gasteiger partial charge in [0.05, 0.1) is 5.39 Å². The molecule has 4 heterocycles. The number of fused-ring (bicyclic) bond motifs is 3. The summed E-state index contributed by atoms with van der Waals surface area (Å²) in [7, 11) is 0. The molecule has 0 N–H and O–H groups in total. The van der Waals surface area contributed by atoms with E-state index in [4.69, 9.17) is 26.3 Å². The number of carbonyl (C=O) groups is 1. The van der Waals surface area contributed by atoms with Crippen molar-refractivity contribution in [1.82, 2.24) is 19.8 Å². The maximum Gasteiger partial charge on any atom is 0.260 e. The fourth-order valence-electron chi connectivity index (χ4n) is 6.02. The number of piperazine rings is 1. The standard InChI is InChI=1S/C29H36ClN5O2S/c1-2-33-13-12-23-24(18-33)38-29-26(23)28(31-27(32-29)20-6-4-3-5-7-20)35-16-14-34(15-17-35)25(36)19-37-22-10-8-21(30)9-11-22/h8-11,20H,2-7,12-19H2,1H3. The van der Waals surface area contributed by atoms with E-state index in [2.05, 4.69) is 16.7 Å². The molecule has 0 spiro atoms. The molecule has 0 unspecified atom stereocenters. The minimum Gasteiger partial charge on any atom is -0.484 e. The van der Waals surface area contributed by atoms with Crippen molar-refractivity contribution in [1.29, 1.82) is 0 Å². The molecule has 2 fully saturated rings. The van der Waals surface area contributed by atoms with Crippen LogP contribution in [-0.4, -0.2) is 71.6 Å². The van der Waals surface area contributed by atoms with Gasteiger partial charge in [0.2, 0.25) is 0 Å². The Hall–Kier alpha value is -2.42. The Labute approximate surface area is 233 Å². The Morgan fingerprint density at radius 3 is 2.55 bits per heavy atom. The summed E-state index contributed by atoms with van der Waals surface area (Å²) in [6.45, 7) is 8.35. The Morgan fingerprint density at radius 1 is 1.05 bits per heavy atom. The van der Waals surface area contributed by atoms with E-state index in [9.17, 15) is 4.79 Å². The van der Waals surface area contributed by atoms with Gasteiger partial charge in [-0.2, -0.15) is 0 Å². The van der Waals surface area contributed by atoms with E-state index in [0.29, 0.717) is 29.8 Å². The first-order valence-electron chi connectivity index (χ1n) is 14.0. The van der Waals surface area contributed by atoms with Gasteiger partial charge >= 0.3 is 0 Å². The molecule has 1 saturated heterocycles. The van der Waals surface area contributed by atoms with Gasteiger partial charge in [0.1, 0.15) is 22.2 Å². The zero-order chi connectivity index (χ0) is 26.1. The molecular weight excluding hydrogens is 518 g/mol. The third kappa shape index (κ3) is 5.36. The lowest BCUT2D eigenvalue weighted by atomic mass is 9.88. The number of rotatable bonds is 6. The minimum absolute atomic E-state index is 0.0166. The van der Waals surface area contributed by atoms with Crippen LogP contribution in [0.1, 0.15) is 61.2 Å². The molecule has 1 amide bonds. The molecule has 1 saturated carbocycles. The zero-order valence-electron chi connectivity index (χ0n) is 22.1. The fraction of sp³-hybridized carbons (Fsp3) is 0.552. The maximum absolute atomic E-state index is 12.9. The number of hydrogen-bond donors (Lipinski definition) is 0. The van der Waals surface area contributed by atoms with Crippen LogP contribution < -0.4 is 9.64 Å². The number of hydrogen-bond acceptors (Lipinski definition) is 7. The van der Waals surface area contributed by atoms with E-state index in [1.807, 2.05) is 16.2 Å². The molecular formula is C29H36ClN5O2S. The molecule has 38 heavy (non-hydrogen) atoms. The lowest BCUT2D eigenvalue weighted by Gasteiger charge is -2.36. The quantitative estimate of drug-likeness (QED) is 0.402. The molecule has 2 aliphatic heterocycles. The molecule has 7 nitrogen and oxygen atoms in total. The summed E-state index contributed by atoms with van der Waals surface area (Å²) in [6, 6.07) is 7.12. The highest BCUT2D eigenvalue weighted by Gasteiger charge is 2.30. The SMILES string of the molecule is CCN1CCc2c(sc3nc(C4CCCCC4)nc(N4CCN(C(=O)COc5ccc(Cl)cc5)CC4)c23)C1. The zero-order valence-corrected chi connectivity index (χ0v) is 23.7. The second-order valence-electron chi connectivity index (χ2n) is 10.7. The highest BCUT2D eigenvalue weighted by atomic mass is 35.5. The fourth-order valence-corrected chi connectivity index (χ4v) is 7.41. The lowest BCUT2D eigenvalue weighted by Crippen LogP contribution is -2.50. The summed E-state index contributed by atoms with van der Waals surface area (Å²) < 4.78 is 5.71. The number of likely N-dealkylation sites (N-methyl/N-ethyl adjacent to an activating group) is 1. The van der Waals surface area contributed by atoms with Gasteiger partial charge in [0.25, 0.3) is 5.91 Å². The van der Waals surface area contributed by atoms with Gasteiger partial charge in [-0.1, -0.05) is 37.8 Å². The van der Waals surface area contributed by atoms with E-state index >= 15 is 0 Å². The van der Waals surface area contributed by atoms with Crippen molar-refractivity contribution in [2.45, 2.75) is 57.9 Å². The largest absolute Gasteiger partial charge is 0.484 e. The molecule has 2 aromatic heterocycles. The summed E-state index contributed by atoms with van der Waals surface area (Å²) in [5, 5.41) is 1.92. The second-order valence-corrected chi connectivity index (χ2v) is 12.2. The average molecular weight is 554 g/mol. The monoisotopic (exact) mass is 553 g/mol. The average Bonchev–Trinajstić information content (AvgIpc) is 3.34. The van der Waals surface area contributed by atoms with Crippen LogP contribution in [0.4, 0.5) is 5.82 Å². The van der Waals surface area contributed by atoms with Gasteiger partial charge in [-0.15, -0.1) is 11.3 Å². The van der Waals surface area contributed by atoms with Crippen molar-refractivity contribution in [3.8, 4) is 5.75 Å². The van der Waals surface area contributed by atoms with E-state index in [0.717, 1.165) is 55.6 Å². The van der Waals surface area contributed by atoms with E-state index < -0.39 is 0 Å². The Balaban J connectivity index is 1.21. The predicted octanol–water partition coefficient (Wildman–Crippen LogP) is 5.50. The third-order valence-corrected chi connectivity index (χ3v) is 9.67. The van der Waals surface area contributed by atoms with Crippen molar-refractivity contribution < 1.29 is 9.53 Å². The van der Waals surface area contributed by atoms with E-state index in [-0.39, 0.29) is 12.5 Å². The number of benzene rings is 1. The summed E-state index contributed by atoms with van der Waals surface area (Å²) >= 11 is 7.83. The molecule has 0 atom stereocenters. The highest BCUT2D eigenvalue weighted by Crippen LogP contribution is 2.41. The molecule has 9 heteroatoms. The lowest BCUT2D eigenvalue weighted by molar-refractivity contribution is -0.133. The van der Waals surface area contributed by atoms with Crippen molar-refractivity contribution in [2.75, 3.05) is 50.8 Å². The van der Waals surface area contributed by atoms with Crippen LogP contribution in [-0.2, 0) is 17.8 Å². The molecule has 1 aromatic carbocycles. The first-order chi connectivity index (χ1) is 18.6. The Bertz CT molecular complexity index is 1280. The number of thiophene rings is 1. The number of ether oxygens (including phenoxy) is 1. The number of carbonyl (C=O) groups excluding carboxylic acids is 1. The summed E-state index contributed by atoms with van der Waals surface area (Å²) in [5.74, 6) is 3.27. The van der Waals surface area contributed by atoms with Crippen molar-refractivity contribution in [3.63, 3.8) is 0 Å². The van der Waals surface area contributed by atoms with Gasteiger partial charge in [0.15, 0.2) is 6.61 Å². The van der Waals surface area contributed by atoms with Gasteiger partial charge in [0, 0.05) is 55.1 Å². The van der Waals surface area contributed by atoms with Crippen molar-refractivity contribution >= 4 is 44.9 Å². The molecule has 1 aliphatic carbocycles. The molecule has 0 radical (unpaired) electrons. The second kappa shape index (κ2) is 11.4. The van der Waals surface area contributed by atoms with Crippen molar-refractivity contribution in [2.24, 2.45) is 0 Å². The smallest absolute Gasteiger partial charge is 0.260 e. The normalized spacial score (nSPS) is 19.1. The number of anilines is 1. The number of amides is 1. The Morgan fingerprint density at radius 2 is 1.82 bits per heavy atom. The van der Waals surface area contributed by atoms with Crippen LogP contribution in [0, 0.1) is 0 Å². The van der Waals surface area contributed by atoms with Crippen LogP contribution in [0.3, 0.4) is 0 Å². The molecule has 6 rings (SSSR count). The van der Waals surface area contributed by atoms with Gasteiger partial charge in [-0.3, -0.25) is 9.69 Å². The molecule has 0 bridgehead atoms. The van der Waals surface area contributed by atoms with Gasteiger partial charge in [-0.25, -0.2) is 9.97 Å². The maximum atomic E-state index is 12.9. The Kier molecular flexibility index (Phi) is 7.73. The van der Waals surface area contributed by atoms with Gasteiger partial charge in [-0.05, 0) is 55.6 Å². The minimum atomic E-state index is 0.0166. The first-order valence-corrected chi connectivity index (χ1v) is 15.2. The summed E-state index contributed by atoms with van der Waals surface area (Å²) in [6.07, 6.45) is 7.30. The van der Waals surface area contributed by atoms with Gasteiger partial charge < -0.3 is 14.5 Å². The van der Waals surface area contributed by atoms with Crippen LogP contribution in [0.2, 0.25) is 5.02 Å². The highest BCUT2D eigenvalue weighted by molar-refractivity contribution is 7.19. The van der Waals surface area contributed by atoms with E-state index in [1.54, 1.807) is 24.3 Å².